The van der Waals surface area contributed by atoms with Crippen molar-refractivity contribution in [3.05, 3.63) is 66.2 Å². The first-order valence-corrected chi connectivity index (χ1v) is 5.23. The zero-order chi connectivity index (χ0) is 11.5. The summed E-state index contributed by atoms with van der Waals surface area (Å²) in [6.07, 6.45) is 0. The predicted molar refractivity (Wildman–Crippen MR) is 68.3 cm³/mol. The fourth-order valence-corrected chi connectivity index (χ4v) is 1.78. The maximum Gasteiger partial charge on any atom is 0.115 e. The number of hydrogen-bond acceptors (Lipinski definition) is 1. The molecule has 16 heavy (non-hydrogen) atoms. The fraction of sp³-hybridized carbons (Fsp3) is 0.0667. The molecule has 0 atom stereocenters. The van der Waals surface area contributed by atoms with Crippen molar-refractivity contribution in [2.45, 2.75) is 6.92 Å². The van der Waals surface area contributed by atoms with Crippen molar-refractivity contribution in [3.8, 4) is 11.1 Å². The number of rotatable bonds is 2. The molecule has 0 bridgehead atoms. The van der Waals surface area contributed by atoms with Crippen LogP contribution in [0.25, 0.3) is 16.9 Å². The van der Waals surface area contributed by atoms with Crippen molar-refractivity contribution in [1.82, 2.24) is 0 Å². The molecule has 0 amide bonds. The molecule has 0 heterocycles. The van der Waals surface area contributed by atoms with Crippen LogP contribution in [0, 0.1) is 6.92 Å². The van der Waals surface area contributed by atoms with Crippen molar-refractivity contribution in [3.63, 3.8) is 0 Å². The minimum absolute atomic E-state index is 0.114. The van der Waals surface area contributed by atoms with Gasteiger partial charge >= 0.3 is 0 Å². The van der Waals surface area contributed by atoms with Crippen molar-refractivity contribution in [2.24, 2.45) is 0 Å². The number of aryl methyl sites for hydroxylation is 1. The molecule has 0 radical (unpaired) electrons. The molecule has 0 aliphatic heterocycles. The van der Waals surface area contributed by atoms with Crippen LogP contribution in [0.2, 0.25) is 0 Å². The average molecular weight is 210 g/mol. The van der Waals surface area contributed by atoms with Crippen LogP contribution in [0.5, 0.6) is 0 Å². The van der Waals surface area contributed by atoms with Gasteiger partial charge in [0.15, 0.2) is 0 Å². The summed E-state index contributed by atoms with van der Waals surface area (Å²) in [4.78, 5) is 0. The number of aliphatic hydroxyl groups excluding tert-OH is 1. The van der Waals surface area contributed by atoms with E-state index in [2.05, 4.69) is 18.7 Å². The van der Waals surface area contributed by atoms with Gasteiger partial charge in [-0.25, -0.2) is 0 Å². The Kier molecular flexibility index (Phi) is 2.78. The first-order valence-electron chi connectivity index (χ1n) is 5.23. The third-order valence-electron chi connectivity index (χ3n) is 2.64. The van der Waals surface area contributed by atoms with E-state index in [4.69, 9.17) is 0 Å². The number of aliphatic hydroxyl groups is 1. The molecule has 0 aliphatic carbocycles. The molecular formula is C15H14O. The van der Waals surface area contributed by atoms with E-state index in [0.717, 1.165) is 11.1 Å². The maximum absolute atomic E-state index is 9.32. The van der Waals surface area contributed by atoms with Crippen molar-refractivity contribution in [1.29, 1.82) is 0 Å². The van der Waals surface area contributed by atoms with Gasteiger partial charge < -0.3 is 5.11 Å². The Balaban J connectivity index is 2.48. The van der Waals surface area contributed by atoms with E-state index in [0.29, 0.717) is 0 Å². The van der Waals surface area contributed by atoms with Gasteiger partial charge in [0.1, 0.15) is 5.76 Å². The number of hydrogen-bond donors (Lipinski definition) is 1. The first-order chi connectivity index (χ1) is 7.68. The van der Waals surface area contributed by atoms with Crippen molar-refractivity contribution < 1.29 is 5.11 Å². The summed E-state index contributed by atoms with van der Waals surface area (Å²) >= 11 is 0. The molecule has 1 nitrogen and oxygen atoms in total. The standard InChI is InChI=1S/C15H14O/c1-11-10-14(12(2)16)8-9-15(11)13-6-4-3-5-7-13/h3-10,16H,2H2,1H3. The SMILES string of the molecule is C=C(O)c1ccc(-c2ccccc2)c(C)c1. The third-order valence-corrected chi connectivity index (χ3v) is 2.64. The Labute approximate surface area is 95.7 Å². The summed E-state index contributed by atoms with van der Waals surface area (Å²) < 4.78 is 0. The highest BCUT2D eigenvalue weighted by atomic mass is 16.3. The van der Waals surface area contributed by atoms with Gasteiger partial charge in [0, 0.05) is 5.56 Å². The molecule has 0 spiro atoms. The van der Waals surface area contributed by atoms with Gasteiger partial charge in [0.05, 0.1) is 0 Å². The Morgan fingerprint density at radius 1 is 1.06 bits per heavy atom. The molecule has 0 aromatic heterocycles. The Bertz CT molecular complexity index is 512. The lowest BCUT2D eigenvalue weighted by Gasteiger charge is -2.08. The average Bonchev–Trinajstić information content (AvgIpc) is 2.30. The van der Waals surface area contributed by atoms with Gasteiger partial charge in [-0.1, -0.05) is 49.0 Å². The fourth-order valence-electron chi connectivity index (χ4n) is 1.78. The highest BCUT2D eigenvalue weighted by molar-refractivity contribution is 5.70. The smallest absolute Gasteiger partial charge is 0.115 e. The molecule has 0 saturated carbocycles. The zero-order valence-electron chi connectivity index (χ0n) is 9.27. The second-order valence-corrected chi connectivity index (χ2v) is 3.84. The van der Waals surface area contributed by atoms with Crippen LogP contribution >= 0.6 is 0 Å². The highest BCUT2D eigenvalue weighted by Crippen LogP contribution is 2.25. The van der Waals surface area contributed by atoms with Gasteiger partial charge in [-0.15, -0.1) is 0 Å². The minimum atomic E-state index is 0.114. The topological polar surface area (TPSA) is 20.2 Å². The van der Waals surface area contributed by atoms with E-state index in [1.165, 1.54) is 11.1 Å². The van der Waals surface area contributed by atoms with Crippen LogP contribution < -0.4 is 0 Å². The summed E-state index contributed by atoms with van der Waals surface area (Å²) in [6, 6.07) is 16.1. The van der Waals surface area contributed by atoms with Crippen LogP contribution in [0.1, 0.15) is 11.1 Å². The Morgan fingerprint density at radius 3 is 2.31 bits per heavy atom. The molecule has 2 aromatic carbocycles. The van der Waals surface area contributed by atoms with Crippen LogP contribution in [-0.4, -0.2) is 5.11 Å². The molecule has 2 aromatic rings. The molecule has 2 rings (SSSR count). The third kappa shape index (κ3) is 1.98. The normalized spacial score (nSPS) is 10.1. The summed E-state index contributed by atoms with van der Waals surface area (Å²) in [5.74, 6) is 0.114. The lowest BCUT2D eigenvalue weighted by Crippen LogP contribution is -1.87. The van der Waals surface area contributed by atoms with E-state index in [-0.39, 0.29) is 5.76 Å². The molecule has 1 N–H and O–H groups in total. The molecule has 80 valence electrons. The van der Waals surface area contributed by atoms with Gasteiger partial charge in [-0.2, -0.15) is 0 Å². The van der Waals surface area contributed by atoms with Crippen LogP contribution in [-0.2, 0) is 0 Å². The van der Waals surface area contributed by atoms with E-state index in [1.54, 1.807) is 0 Å². The minimum Gasteiger partial charge on any atom is -0.508 e. The molecule has 0 saturated heterocycles. The zero-order valence-corrected chi connectivity index (χ0v) is 9.27. The molecule has 0 fully saturated rings. The van der Waals surface area contributed by atoms with Crippen LogP contribution in [0.3, 0.4) is 0 Å². The highest BCUT2D eigenvalue weighted by Gasteiger charge is 2.03. The largest absolute Gasteiger partial charge is 0.508 e. The predicted octanol–water partition coefficient (Wildman–Crippen LogP) is 4.19. The van der Waals surface area contributed by atoms with Crippen molar-refractivity contribution >= 4 is 5.76 Å². The molecular weight excluding hydrogens is 196 g/mol. The molecule has 1 heteroatoms. The van der Waals surface area contributed by atoms with E-state index >= 15 is 0 Å². The molecule has 0 unspecified atom stereocenters. The Morgan fingerprint density at radius 2 is 1.75 bits per heavy atom. The van der Waals surface area contributed by atoms with Gasteiger partial charge in [0.25, 0.3) is 0 Å². The summed E-state index contributed by atoms with van der Waals surface area (Å²) in [5.41, 5.74) is 4.29. The lowest BCUT2D eigenvalue weighted by atomic mass is 9.98. The maximum atomic E-state index is 9.32. The second kappa shape index (κ2) is 4.23. The van der Waals surface area contributed by atoms with Gasteiger partial charge in [0.2, 0.25) is 0 Å². The summed E-state index contributed by atoms with van der Waals surface area (Å²) in [7, 11) is 0. The van der Waals surface area contributed by atoms with Gasteiger partial charge in [-0.3, -0.25) is 0 Å². The second-order valence-electron chi connectivity index (χ2n) is 3.84. The van der Waals surface area contributed by atoms with Crippen molar-refractivity contribution in [2.75, 3.05) is 0 Å². The molecule has 0 aliphatic rings. The van der Waals surface area contributed by atoms with Crippen LogP contribution in [0.4, 0.5) is 0 Å². The summed E-state index contributed by atoms with van der Waals surface area (Å²) in [5, 5.41) is 9.32. The van der Waals surface area contributed by atoms with E-state index in [1.807, 2.05) is 43.3 Å². The monoisotopic (exact) mass is 210 g/mol. The quantitative estimate of drug-likeness (QED) is 0.737. The van der Waals surface area contributed by atoms with Gasteiger partial charge in [-0.05, 0) is 29.7 Å². The number of benzene rings is 2. The first kappa shape index (κ1) is 10.5. The lowest BCUT2D eigenvalue weighted by molar-refractivity contribution is 0.514. The van der Waals surface area contributed by atoms with E-state index in [9.17, 15) is 5.11 Å². The van der Waals surface area contributed by atoms with E-state index < -0.39 is 0 Å². The summed E-state index contributed by atoms with van der Waals surface area (Å²) in [6.45, 7) is 5.56. The van der Waals surface area contributed by atoms with Crippen LogP contribution in [0.15, 0.2) is 55.1 Å². The Hall–Kier alpha value is -2.02.